The Hall–Kier alpha value is -2.36. The van der Waals surface area contributed by atoms with Gasteiger partial charge in [0.15, 0.2) is 0 Å². The summed E-state index contributed by atoms with van der Waals surface area (Å²) in [4.78, 5) is 0. The number of rotatable bonds is 4. The Kier molecular flexibility index (Phi) is 6.15. The molecule has 0 aliphatic rings. The van der Waals surface area contributed by atoms with Crippen LogP contribution in [0.1, 0.15) is 96.9 Å². The third kappa shape index (κ3) is 4.85. The van der Waals surface area contributed by atoms with Gasteiger partial charge in [-0.1, -0.05) is 74.4 Å². The van der Waals surface area contributed by atoms with Crippen molar-refractivity contribution in [2.75, 3.05) is 11.5 Å². The van der Waals surface area contributed by atoms with Crippen LogP contribution in [0.25, 0.3) is 0 Å². The maximum atomic E-state index is 10.7. The lowest BCUT2D eigenvalue weighted by molar-refractivity contribution is 0.414. The first-order chi connectivity index (χ1) is 13.4. The maximum absolute atomic E-state index is 10.7. The summed E-state index contributed by atoms with van der Waals surface area (Å²) in [5.74, 6) is 0.419. The van der Waals surface area contributed by atoms with Crippen LogP contribution in [0.5, 0.6) is 11.5 Å². The first-order valence-corrected chi connectivity index (χ1v) is 10.7. The molecular formula is C26H40N2O2. The van der Waals surface area contributed by atoms with Crippen molar-refractivity contribution in [2.24, 2.45) is 0 Å². The van der Waals surface area contributed by atoms with Crippen LogP contribution >= 0.6 is 0 Å². The minimum atomic E-state index is -0.222. The number of anilines is 2. The van der Waals surface area contributed by atoms with Gasteiger partial charge < -0.3 is 21.7 Å². The highest BCUT2D eigenvalue weighted by Crippen LogP contribution is 2.44. The summed E-state index contributed by atoms with van der Waals surface area (Å²) in [5.41, 5.74) is 16.5. The van der Waals surface area contributed by atoms with E-state index in [0.717, 1.165) is 28.7 Å². The third-order valence-corrected chi connectivity index (χ3v) is 6.11. The van der Waals surface area contributed by atoms with Crippen LogP contribution in [0, 0.1) is 0 Å². The second-order valence-corrected chi connectivity index (χ2v) is 11.5. The number of nitrogen functional groups attached to an aromatic ring is 2. The van der Waals surface area contributed by atoms with Crippen molar-refractivity contribution in [1.82, 2.24) is 0 Å². The van der Waals surface area contributed by atoms with Gasteiger partial charge in [0, 0.05) is 5.56 Å². The lowest BCUT2D eigenvalue weighted by Crippen LogP contribution is -2.22. The Labute approximate surface area is 182 Å². The normalized spacial score (nSPS) is 14.0. The van der Waals surface area contributed by atoms with Crippen molar-refractivity contribution in [3.8, 4) is 11.5 Å². The molecule has 0 aromatic heterocycles. The fourth-order valence-corrected chi connectivity index (χ4v) is 4.10. The molecule has 0 heterocycles. The zero-order valence-corrected chi connectivity index (χ0v) is 20.1. The summed E-state index contributed by atoms with van der Waals surface area (Å²) >= 11 is 0. The molecule has 4 nitrogen and oxygen atoms in total. The zero-order valence-electron chi connectivity index (χ0n) is 20.1. The van der Waals surface area contributed by atoms with Crippen molar-refractivity contribution in [3.63, 3.8) is 0 Å². The summed E-state index contributed by atoms with van der Waals surface area (Å²) in [6.45, 7) is 19.1. The molecule has 0 radical (unpaired) electrons. The van der Waals surface area contributed by atoms with Crippen LogP contribution in [-0.4, -0.2) is 10.2 Å². The molecule has 0 aliphatic carbocycles. The molecule has 0 saturated heterocycles. The van der Waals surface area contributed by atoms with E-state index in [4.69, 9.17) is 11.5 Å². The fraction of sp³-hybridized carbons (Fsp3) is 0.538. The smallest absolute Gasteiger partial charge is 0.142 e. The summed E-state index contributed by atoms with van der Waals surface area (Å²) in [7, 11) is 0. The van der Waals surface area contributed by atoms with E-state index in [1.54, 1.807) is 0 Å². The summed E-state index contributed by atoms with van der Waals surface area (Å²) in [5, 5.41) is 21.2. The van der Waals surface area contributed by atoms with E-state index in [9.17, 15) is 10.2 Å². The molecule has 0 amide bonds. The van der Waals surface area contributed by atoms with E-state index in [0.29, 0.717) is 11.4 Å². The van der Waals surface area contributed by atoms with Crippen LogP contribution < -0.4 is 11.5 Å². The minimum absolute atomic E-state index is 0.0567. The Bertz CT molecular complexity index is 932. The Morgan fingerprint density at radius 3 is 1.73 bits per heavy atom. The second kappa shape index (κ2) is 7.72. The highest BCUT2D eigenvalue weighted by atomic mass is 16.3. The summed E-state index contributed by atoms with van der Waals surface area (Å²) in [6.07, 6.45) is 0.793. The number of hydrogen-bond donors (Lipinski definition) is 4. The number of benzene rings is 2. The van der Waals surface area contributed by atoms with Gasteiger partial charge in [0.05, 0.1) is 11.4 Å². The number of hydrogen-bond acceptors (Lipinski definition) is 4. The molecule has 6 N–H and O–H groups in total. The average Bonchev–Trinajstić information content (AvgIpc) is 2.56. The highest BCUT2D eigenvalue weighted by Gasteiger charge is 2.30. The van der Waals surface area contributed by atoms with Gasteiger partial charge >= 0.3 is 0 Å². The molecule has 2 aromatic rings. The zero-order chi connectivity index (χ0) is 23.2. The van der Waals surface area contributed by atoms with Crippen molar-refractivity contribution < 1.29 is 10.2 Å². The predicted molar refractivity (Wildman–Crippen MR) is 128 cm³/mol. The van der Waals surface area contributed by atoms with E-state index in [1.807, 2.05) is 12.1 Å². The number of nitrogens with two attached hydrogens (primary N) is 2. The largest absolute Gasteiger partial charge is 0.505 e. The lowest BCUT2D eigenvalue weighted by Gasteiger charge is -2.32. The quantitative estimate of drug-likeness (QED) is 0.349. The first-order valence-electron chi connectivity index (χ1n) is 10.7. The highest BCUT2D eigenvalue weighted by molar-refractivity contribution is 5.62. The van der Waals surface area contributed by atoms with Gasteiger partial charge in [-0.25, -0.2) is 0 Å². The van der Waals surface area contributed by atoms with Crippen LogP contribution in [0.2, 0.25) is 0 Å². The topological polar surface area (TPSA) is 92.5 Å². The van der Waals surface area contributed by atoms with Crippen molar-refractivity contribution in [1.29, 1.82) is 0 Å². The molecule has 30 heavy (non-hydrogen) atoms. The SMILES string of the molecule is CC(CC(C)(C)c1cc(N)c(O)c(C(C)(C)C)c1)c1cc(C(C)(C)C)cc(N)c1O. The predicted octanol–water partition coefficient (Wildman–Crippen LogP) is 6.33. The van der Waals surface area contributed by atoms with Crippen LogP contribution in [0.15, 0.2) is 24.3 Å². The minimum Gasteiger partial charge on any atom is -0.505 e. The third-order valence-electron chi connectivity index (χ3n) is 6.11. The molecule has 0 spiro atoms. The van der Waals surface area contributed by atoms with E-state index in [1.165, 1.54) is 0 Å². The standard InChI is InChI=1S/C26H40N2O2/c1-15(18-10-16(24(2,3)4)12-20(27)22(18)29)14-26(8,9)17-11-19(25(5,6)7)23(30)21(28)13-17/h10-13,15,29-30H,14,27-28H2,1-9H3. The molecule has 0 saturated carbocycles. The van der Waals surface area contributed by atoms with Gasteiger partial charge in [0.1, 0.15) is 11.5 Å². The average molecular weight is 413 g/mol. The van der Waals surface area contributed by atoms with Gasteiger partial charge in [-0.05, 0) is 57.4 Å². The Morgan fingerprint density at radius 2 is 1.23 bits per heavy atom. The van der Waals surface area contributed by atoms with E-state index in [-0.39, 0.29) is 33.7 Å². The van der Waals surface area contributed by atoms with Gasteiger partial charge in [0.25, 0.3) is 0 Å². The molecular weight excluding hydrogens is 372 g/mol. The van der Waals surface area contributed by atoms with Crippen LogP contribution in [-0.2, 0) is 16.2 Å². The molecule has 0 fully saturated rings. The summed E-state index contributed by atoms with van der Waals surface area (Å²) in [6, 6.07) is 7.89. The van der Waals surface area contributed by atoms with Gasteiger partial charge in [-0.15, -0.1) is 0 Å². The van der Waals surface area contributed by atoms with Crippen LogP contribution in [0.3, 0.4) is 0 Å². The molecule has 1 unspecified atom stereocenters. The Balaban J connectivity index is 2.48. The van der Waals surface area contributed by atoms with E-state index >= 15 is 0 Å². The molecule has 2 rings (SSSR count). The van der Waals surface area contributed by atoms with E-state index < -0.39 is 0 Å². The van der Waals surface area contributed by atoms with Crippen molar-refractivity contribution >= 4 is 11.4 Å². The molecule has 2 aromatic carbocycles. The van der Waals surface area contributed by atoms with Crippen molar-refractivity contribution in [2.45, 2.75) is 90.9 Å². The van der Waals surface area contributed by atoms with Gasteiger partial charge in [0.2, 0.25) is 0 Å². The first kappa shape index (κ1) is 23.9. The second-order valence-electron chi connectivity index (χ2n) is 11.5. The molecule has 0 bridgehead atoms. The Morgan fingerprint density at radius 1 is 0.733 bits per heavy atom. The lowest BCUT2D eigenvalue weighted by atomic mass is 9.73. The molecule has 166 valence electrons. The van der Waals surface area contributed by atoms with E-state index in [2.05, 4.69) is 74.4 Å². The molecule has 0 aliphatic heterocycles. The van der Waals surface area contributed by atoms with Crippen LogP contribution in [0.4, 0.5) is 11.4 Å². The number of phenols is 2. The fourth-order valence-electron chi connectivity index (χ4n) is 4.10. The molecule has 4 heteroatoms. The number of phenolic OH excluding ortho intramolecular Hbond substituents is 2. The monoisotopic (exact) mass is 412 g/mol. The number of aromatic hydroxyl groups is 2. The summed E-state index contributed by atoms with van der Waals surface area (Å²) < 4.78 is 0. The van der Waals surface area contributed by atoms with Crippen molar-refractivity contribution in [3.05, 3.63) is 46.5 Å². The maximum Gasteiger partial charge on any atom is 0.142 e. The molecule has 1 atom stereocenters. The van der Waals surface area contributed by atoms with Gasteiger partial charge in [-0.3, -0.25) is 0 Å². The van der Waals surface area contributed by atoms with Gasteiger partial charge in [-0.2, -0.15) is 0 Å².